The van der Waals surface area contributed by atoms with Gasteiger partial charge < -0.3 is 5.32 Å². The van der Waals surface area contributed by atoms with Crippen molar-refractivity contribution in [3.8, 4) is 0 Å². The van der Waals surface area contributed by atoms with Crippen molar-refractivity contribution in [2.75, 3.05) is 20.6 Å². The molecule has 0 atom stereocenters. The molecule has 1 N–H and O–H groups in total. The lowest BCUT2D eigenvalue weighted by molar-refractivity contribution is 0.387. The summed E-state index contributed by atoms with van der Waals surface area (Å²) in [4.78, 5) is 2.43. The smallest absolute Gasteiger partial charge is 0.243 e. The van der Waals surface area contributed by atoms with Crippen LogP contribution < -0.4 is 5.32 Å². The molecule has 1 aromatic rings. The topological polar surface area (TPSA) is 49.4 Å². The van der Waals surface area contributed by atoms with Gasteiger partial charge in [0.25, 0.3) is 0 Å². The van der Waals surface area contributed by atoms with E-state index in [4.69, 9.17) is 0 Å². The third kappa shape index (κ3) is 3.42. The van der Waals surface area contributed by atoms with E-state index < -0.39 is 10.0 Å². The maximum atomic E-state index is 12.7. The van der Waals surface area contributed by atoms with Gasteiger partial charge in [0.1, 0.15) is 0 Å². The van der Waals surface area contributed by atoms with Crippen molar-refractivity contribution in [2.45, 2.75) is 44.0 Å². The molecular formula is C14H24N2O2S2. The van der Waals surface area contributed by atoms with Gasteiger partial charge in [-0.2, -0.15) is 0 Å². The summed E-state index contributed by atoms with van der Waals surface area (Å²) in [6, 6.07) is 1.82. The summed E-state index contributed by atoms with van der Waals surface area (Å²) >= 11 is 1.56. The summed E-state index contributed by atoms with van der Waals surface area (Å²) in [5.74, 6) is 0.533. The minimum atomic E-state index is -3.34. The van der Waals surface area contributed by atoms with Crippen LogP contribution in [0.2, 0.25) is 0 Å². The van der Waals surface area contributed by atoms with Gasteiger partial charge in [-0.25, -0.2) is 12.7 Å². The fourth-order valence-corrected chi connectivity index (χ4v) is 5.72. The Kier molecular flexibility index (Phi) is 5.23. The Labute approximate surface area is 126 Å². The lowest BCUT2D eigenvalue weighted by atomic mass is 10.1. The molecule has 0 aliphatic heterocycles. The standard InChI is InChI=1S/C14H24N2O2S2/c1-11-14(8-13(19-11)9-15-2)20(17,18)16(3)10-12-6-4-5-7-12/h8,12,15H,4-7,9-10H2,1-3H3. The Morgan fingerprint density at radius 3 is 2.65 bits per heavy atom. The van der Waals surface area contributed by atoms with E-state index >= 15 is 0 Å². The molecule has 1 heterocycles. The maximum absolute atomic E-state index is 12.7. The molecule has 1 aliphatic carbocycles. The quantitative estimate of drug-likeness (QED) is 0.877. The molecule has 20 heavy (non-hydrogen) atoms. The third-order valence-corrected chi connectivity index (χ3v) is 7.08. The molecule has 0 unspecified atom stereocenters. The predicted octanol–water partition coefficient (Wildman–Crippen LogP) is 2.59. The van der Waals surface area contributed by atoms with E-state index in [-0.39, 0.29) is 0 Å². The molecule has 1 fully saturated rings. The molecule has 1 saturated carbocycles. The van der Waals surface area contributed by atoms with Crippen LogP contribution >= 0.6 is 11.3 Å². The van der Waals surface area contributed by atoms with E-state index in [0.717, 1.165) is 22.6 Å². The second-order valence-corrected chi connectivity index (χ2v) is 8.95. The zero-order chi connectivity index (χ0) is 14.8. The van der Waals surface area contributed by atoms with Crippen LogP contribution in [0.5, 0.6) is 0 Å². The second-order valence-electron chi connectivity index (χ2n) is 5.60. The van der Waals surface area contributed by atoms with E-state index in [1.54, 1.807) is 22.7 Å². The minimum Gasteiger partial charge on any atom is -0.315 e. The molecule has 0 bridgehead atoms. The average Bonchev–Trinajstić information content (AvgIpc) is 2.99. The Hall–Kier alpha value is -0.430. The molecule has 1 aliphatic rings. The van der Waals surface area contributed by atoms with Crippen LogP contribution in [0, 0.1) is 12.8 Å². The van der Waals surface area contributed by atoms with E-state index in [2.05, 4.69) is 5.32 Å². The number of hydrogen-bond acceptors (Lipinski definition) is 4. The zero-order valence-corrected chi connectivity index (χ0v) is 14.1. The van der Waals surface area contributed by atoms with Crippen molar-refractivity contribution >= 4 is 21.4 Å². The summed E-state index contributed by atoms with van der Waals surface area (Å²) in [6.07, 6.45) is 4.80. The van der Waals surface area contributed by atoms with E-state index in [1.807, 2.05) is 20.0 Å². The summed E-state index contributed by atoms with van der Waals surface area (Å²) in [7, 11) is 0.243. The fraction of sp³-hybridized carbons (Fsp3) is 0.714. The van der Waals surface area contributed by atoms with Gasteiger partial charge in [-0.1, -0.05) is 12.8 Å². The normalized spacial score (nSPS) is 17.2. The first-order chi connectivity index (χ1) is 9.45. The molecule has 0 radical (unpaired) electrons. The molecular weight excluding hydrogens is 292 g/mol. The number of thiophene rings is 1. The Morgan fingerprint density at radius 2 is 2.05 bits per heavy atom. The third-order valence-electron chi connectivity index (χ3n) is 3.95. The Morgan fingerprint density at radius 1 is 1.40 bits per heavy atom. The highest BCUT2D eigenvalue weighted by molar-refractivity contribution is 7.89. The van der Waals surface area contributed by atoms with Crippen LogP contribution in [-0.2, 0) is 16.6 Å². The highest BCUT2D eigenvalue weighted by Gasteiger charge is 2.27. The van der Waals surface area contributed by atoms with Crippen molar-refractivity contribution in [1.82, 2.24) is 9.62 Å². The van der Waals surface area contributed by atoms with Crippen molar-refractivity contribution in [3.63, 3.8) is 0 Å². The van der Waals surface area contributed by atoms with Crippen LogP contribution in [0.15, 0.2) is 11.0 Å². The summed E-state index contributed by atoms with van der Waals surface area (Å²) in [6.45, 7) is 3.26. The summed E-state index contributed by atoms with van der Waals surface area (Å²) < 4.78 is 26.9. The first-order valence-electron chi connectivity index (χ1n) is 7.15. The van der Waals surface area contributed by atoms with Crippen molar-refractivity contribution in [2.24, 2.45) is 5.92 Å². The van der Waals surface area contributed by atoms with Crippen LogP contribution in [-0.4, -0.2) is 33.4 Å². The van der Waals surface area contributed by atoms with Gasteiger partial charge in [0, 0.05) is 29.9 Å². The zero-order valence-electron chi connectivity index (χ0n) is 12.5. The number of nitrogens with zero attached hydrogens (tertiary/aromatic N) is 1. The number of aryl methyl sites for hydroxylation is 1. The molecule has 1 aromatic heterocycles. The van der Waals surface area contributed by atoms with Crippen LogP contribution in [0.4, 0.5) is 0 Å². The Balaban J connectivity index is 2.15. The highest BCUT2D eigenvalue weighted by atomic mass is 32.2. The number of rotatable bonds is 6. The molecule has 0 amide bonds. The first kappa shape index (κ1) is 15.9. The summed E-state index contributed by atoms with van der Waals surface area (Å²) in [5.41, 5.74) is 0. The molecule has 2 rings (SSSR count). The largest absolute Gasteiger partial charge is 0.315 e. The van der Waals surface area contributed by atoms with Gasteiger partial charge >= 0.3 is 0 Å². The van der Waals surface area contributed by atoms with Gasteiger partial charge in [0.15, 0.2) is 0 Å². The van der Waals surface area contributed by atoms with E-state index in [1.165, 1.54) is 12.8 Å². The van der Waals surface area contributed by atoms with Crippen LogP contribution in [0.3, 0.4) is 0 Å². The molecule has 114 valence electrons. The maximum Gasteiger partial charge on any atom is 0.243 e. The number of sulfonamides is 1. The average molecular weight is 316 g/mol. The molecule has 0 spiro atoms. The number of nitrogens with one attached hydrogen (secondary N) is 1. The lowest BCUT2D eigenvalue weighted by Gasteiger charge is -2.20. The highest BCUT2D eigenvalue weighted by Crippen LogP contribution is 2.30. The molecule has 0 aromatic carbocycles. The molecule has 0 saturated heterocycles. The SMILES string of the molecule is CNCc1cc(S(=O)(=O)N(C)CC2CCCC2)c(C)s1. The van der Waals surface area contributed by atoms with Crippen LogP contribution in [0.1, 0.15) is 35.4 Å². The second kappa shape index (κ2) is 6.56. The monoisotopic (exact) mass is 316 g/mol. The number of hydrogen-bond donors (Lipinski definition) is 1. The van der Waals surface area contributed by atoms with Gasteiger partial charge in [0.05, 0.1) is 4.90 Å². The van der Waals surface area contributed by atoms with Gasteiger partial charge in [0.2, 0.25) is 10.0 Å². The predicted molar refractivity (Wildman–Crippen MR) is 83.6 cm³/mol. The molecule has 4 nitrogen and oxygen atoms in total. The van der Waals surface area contributed by atoms with Crippen molar-refractivity contribution in [3.05, 3.63) is 15.8 Å². The lowest BCUT2D eigenvalue weighted by Crippen LogP contribution is -2.31. The van der Waals surface area contributed by atoms with Crippen LogP contribution in [0.25, 0.3) is 0 Å². The molecule has 6 heteroatoms. The van der Waals surface area contributed by atoms with Crippen molar-refractivity contribution < 1.29 is 8.42 Å². The summed E-state index contributed by atoms with van der Waals surface area (Å²) in [5, 5.41) is 3.07. The Bertz CT molecular complexity index is 546. The van der Waals surface area contributed by atoms with E-state index in [9.17, 15) is 8.42 Å². The van der Waals surface area contributed by atoms with Gasteiger partial charge in [-0.05, 0) is 38.8 Å². The van der Waals surface area contributed by atoms with E-state index in [0.29, 0.717) is 23.9 Å². The van der Waals surface area contributed by atoms with Gasteiger partial charge in [-0.3, -0.25) is 0 Å². The minimum absolute atomic E-state index is 0.480. The van der Waals surface area contributed by atoms with Gasteiger partial charge in [-0.15, -0.1) is 11.3 Å². The first-order valence-corrected chi connectivity index (χ1v) is 9.41. The van der Waals surface area contributed by atoms with Crippen molar-refractivity contribution in [1.29, 1.82) is 0 Å². The fourth-order valence-electron chi connectivity index (χ4n) is 2.86.